The molecule has 1 fully saturated rings. The van der Waals surface area contributed by atoms with Crippen LogP contribution in [0.2, 0.25) is 0 Å². The van der Waals surface area contributed by atoms with Gasteiger partial charge in [-0.25, -0.2) is 4.79 Å². The molecule has 1 aliphatic rings. The van der Waals surface area contributed by atoms with Gasteiger partial charge >= 0.3 is 6.09 Å². The average molecular weight is 232 g/mol. The smallest absolute Gasteiger partial charge is 0.407 e. The van der Waals surface area contributed by atoms with Crippen LogP contribution in [0, 0.1) is 0 Å². The predicted octanol–water partition coefficient (Wildman–Crippen LogP) is 0.949. The van der Waals surface area contributed by atoms with Crippen molar-refractivity contribution in [2.75, 3.05) is 19.8 Å². The van der Waals surface area contributed by atoms with Crippen LogP contribution in [0.3, 0.4) is 0 Å². The lowest BCUT2D eigenvalue weighted by atomic mass is 10.1. The first-order valence-electron chi connectivity index (χ1n) is 5.35. The van der Waals surface area contributed by atoms with E-state index in [0.717, 1.165) is 5.06 Å². The molecule has 1 heterocycles. The molecule has 1 amide bonds. The minimum absolute atomic E-state index is 0.172. The number of carbonyl (C=O) groups is 1. The number of hydroxylamine groups is 2. The Morgan fingerprint density at radius 2 is 2.19 bits per heavy atom. The van der Waals surface area contributed by atoms with E-state index in [4.69, 9.17) is 9.47 Å². The van der Waals surface area contributed by atoms with Gasteiger partial charge in [-0.05, 0) is 27.7 Å². The summed E-state index contributed by atoms with van der Waals surface area (Å²) in [5.74, 6) is 0. The molecule has 6 nitrogen and oxygen atoms in total. The predicted molar refractivity (Wildman–Crippen MR) is 57.1 cm³/mol. The number of nitrogens with zero attached hydrogens (tertiary/aromatic N) is 1. The Hall–Kier alpha value is -0.850. The fraction of sp³-hybridized carbons (Fsp3) is 0.900. The fourth-order valence-corrected chi connectivity index (χ4v) is 1.64. The molecular formula is C10H20N2O4. The van der Waals surface area contributed by atoms with Crippen molar-refractivity contribution in [2.24, 2.45) is 0 Å². The number of rotatable bonds is 3. The van der Waals surface area contributed by atoms with Gasteiger partial charge in [0, 0.05) is 0 Å². The second kappa shape index (κ2) is 4.57. The van der Waals surface area contributed by atoms with E-state index < -0.39 is 17.4 Å². The quantitative estimate of drug-likeness (QED) is 0.758. The largest absolute Gasteiger partial charge is 0.450 e. The van der Waals surface area contributed by atoms with Gasteiger partial charge in [-0.2, -0.15) is 5.06 Å². The topological polar surface area (TPSA) is 71.0 Å². The molecule has 0 radical (unpaired) electrons. The highest BCUT2D eigenvalue weighted by molar-refractivity contribution is 5.67. The van der Waals surface area contributed by atoms with Crippen molar-refractivity contribution in [3.8, 4) is 0 Å². The van der Waals surface area contributed by atoms with Crippen molar-refractivity contribution < 1.29 is 19.5 Å². The van der Waals surface area contributed by atoms with E-state index in [-0.39, 0.29) is 6.54 Å². The lowest BCUT2D eigenvalue weighted by molar-refractivity contribution is -0.238. The Bertz CT molecular complexity index is 270. The third-order valence-electron chi connectivity index (χ3n) is 2.59. The molecule has 1 aliphatic heterocycles. The summed E-state index contributed by atoms with van der Waals surface area (Å²) >= 11 is 0. The normalized spacial score (nSPS) is 29.1. The molecule has 0 unspecified atom stereocenters. The maximum atomic E-state index is 11.1. The molecule has 0 bridgehead atoms. The van der Waals surface area contributed by atoms with Gasteiger partial charge in [-0.15, -0.1) is 0 Å². The van der Waals surface area contributed by atoms with Crippen LogP contribution in [0.5, 0.6) is 0 Å². The molecule has 0 aromatic heterocycles. The van der Waals surface area contributed by atoms with Crippen LogP contribution in [0.15, 0.2) is 0 Å². The molecule has 2 N–H and O–H groups in total. The third kappa shape index (κ3) is 2.63. The number of nitrogens with one attached hydrogen (secondary N) is 1. The number of ether oxygens (including phenoxy) is 2. The number of amides is 1. The lowest BCUT2D eigenvalue weighted by Gasteiger charge is -2.34. The number of hydrogen-bond acceptors (Lipinski definition) is 5. The second-order valence-electron chi connectivity index (χ2n) is 4.66. The maximum absolute atomic E-state index is 11.1. The standard InChI is InChI=1S/C10H20N2O4/c1-5-15-8(13)11-6-10(4)12(14)9(2,3)7-16-10/h14H,5-7H2,1-4H3,(H,11,13)/t10-/m0/s1. The van der Waals surface area contributed by atoms with E-state index in [1.54, 1.807) is 13.8 Å². The summed E-state index contributed by atoms with van der Waals surface area (Å²) < 4.78 is 10.2. The Balaban J connectivity index is 2.51. The highest BCUT2D eigenvalue weighted by Crippen LogP contribution is 2.32. The second-order valence-corrected chi connectivity index (χ2v) is 4.66. The SMILES string of the molecule is CCOC(=O)NC[C@]1(C)OCC(C)(C)N1O. The van der Waals surface area contributed by atoms with Crippen LogP contribution >= 0.6 is 0 Å². The molecule has 0 aliphatic carbocycles. The Kier molecular flexibility index (Phi) is 3.77. The van der Waals surface area contributed by atoms with E-state index in [0.29, 0.717) is 13.2 Å². The van der Waals surface area contributed by atoms with Gasteiger partial charge in [0.15, 0.2) is 5.72 Å². The average Bonchev–Trinajstić information content (AvgIpc) is 2.42. The number of carbonyl (C=O) groups excluding carboxylic acids is 1. The van der Waals surface area contributed by atoms with Gasteiger partial charge in [0.05, 0.1) is 25.3 Å². The van der Waals surface area contributed by atoms with Crippen LogP contribution in [0.25, 0.3) is 0 Å². The molecule has 94 valence electrons. The summed E-state index contributed by atoms with van der Waals surface area (Å²) in [6.45, 7) is 8.07. The summed E-state index contributed by atoms with van der Waals surface area (Å²) in [7, 11) is 0. The van der Waals surface area contributed by atoms with E-state index in [1.165, 1.54) is 0 Å². The third-order valence-corrected chi connectivity index (χ3v) is 2.59. The van der Waals surface area contributed by atoms with Crippen LogP contribution in [-0.2, 0) is 9.47 Å². The first-order valence-corrected chi connectivity index (χ1v) is 5.35. The van der Waals surface area contributed by atoms with Crippen LogP contribution in [0.1, 0.15) is 27.7 Å². The van der Waals surface area contributed by atoms with E-state index in [1.807, 2.05) is 13.8 Å². The number of hydrogen-bond donors (Lipinski definition) is 2. The van der Waals surface area contributed by atoms with Crippen LogP contribution in [-0.4, -0.2) is 47.4 Å². The van der Waals surface area contributed by atoms with Gasteiger partial charge in [0.1, 0.15) is 0 Å². The van der Waals surface area contributed by atoms with Gasteiger partial charge in [-0.1, -0.05) is 0 Å². The highest BCUT2D eigenvalue weighted by Gasteiger charge is 2.48. The highest BCUT2D eigenvalue weighted by atomic mass is 16.6. The zero-order chi connectivity index (χ0) is 12.4. The van der Waals surface area contributed by atoms with Crippen LogP contribution < -0.4 is 5.32 Å². The lowest BCUT2D eigenvalue weighted by Crippen LogP contribution is -2.54. The van der Waals surface area contributed by atoms with E-state index in [2.05, 4.69) is 5.32 Å². The minimum atomic E-state index is -0.906. The Morgan fingerprint density at radius 3 is 2.62 bits per heavy atom. The van der Waals surface area contributed by atoms with Gasteiger partial charge in [-0.3, -0.25) is 0 Å². The molecule has 1 saturated heterocycles. The van der Waals surface area contributed by atoms with Crippen molar-refractivity contribution in [1.82, 2.24) is 10.4 Å². The summed E-state index contributed by atoms with van der Waals surface area (Å²) in [5.41, 5.74) is -1.36. The van der Waals surface area contributed by atoms with E-state index in [9.17, 15) is 10.0 Å². The molecule has 1 rings (SSSR count). The first kappa shape index (κ1) is 13.2. The summed E-state index contributed by atoms with van der Waals surface area (Å²) in [5, 5.41) is 13.6. The molecule has 6 heteroatoms. The first-order chi connectivity index (χ1) is 7.32. The van der Waals surface area contributed by atoms with Gasteiger partial charge in [0.25, 0.3) is 0 Å². The zero-order valence-electron chi connectivity index (χ0n) is 10.2. The van der Waals surface area contributed by atoms with Crippen molar-refractivity contribution >= 4 is 6.09 Å². The van der Waals surface area contributed by atoms with Crippen molar-refractivity contribution in [3.63, 3.8) is 0 Å². The molecule has 0 aromatic rings. The summed E-state index contributed by atoms with van der Waals surface area (Å²) in [4.78, 5) is 11.1. The van der Waals surface area contributed by atoms with Gasteiger partial charge in [0.2, 0.25) is 0 Å². The molecule has 0 spiro atoms. The summed E-state index contributed by atoms with van der Waals surface area (Å²) in [6.07, 6.45) is -0.509. The molecule has 16 heavy (non-hydrogen) atoms. The molecule has 0 saturated carbocycles. The van der Waals surface area contributed by atoms with E-state index >= 15 is 0 Å². The Morgan fingerprint density at radius 1 is 1.56 bits per heavy atom. The monoisotopic (exact) mass is 232 g/mol. The molecule has 1 atom stereocenters. The van der Waals surface area contributed by atoms with Crippen LogP contribution in [0.4, 0.5) is 4.79 Å². The Labute approximate surface area is 95.5 Å². The van der Waals surface area contributed by atoms with Crippen molar-refractivity contribution in [1.29, 1.82) is 0 Å². The van der Waals surface area contributed by atoms with Gasteiger partial charge < -0.3 is 20.0 Å². The fourth-order valence-electron chi connectivity index (χ4n) is 1.64. The van der Waals surface area contributed by atoms with Crippen molar-refractivity contribution in [2.45, 2.75) is 39.0 Å². The van der Waals surface area contributed by atoms with Crippen molar-refractivity contribution in [3.05, 3.63) is 0 Å². The molecular weight excluding hydrogens is 212 g/mol. The summed E-state index contributed by atoms with van der Waals surface area (Å²) in [6, 6.07) is 0. The minimum Gasteiger partial charge on any atom is -0.450 e. The number of alkyl carbamates (subject to hydrolysis) is 1. The zero-order valence-corrected chi connectivity index (χ0v) is 10.2. The maximum Gasteiger partial charge on any atom is 0.407 e. The molecule has 0 aromatic carbocycles.